The second kappa shape index (κ2) is 6.27. The predicted molar refractivity (Wildman–Crippen MR) is 81.9 cm³/mol. The molecule has 4 nitrogen and oxygen atoms in total. The van der Waals surface area contributed by atoms with E-state index < -0.39 is 0 Å². The predicted octanol–water partition coefficient (Wildman–Crippen LogP) is 2.43. The van der Waals surface area contributed by atoms with Crippen LogP contribution >= 0.6 is 0 Å². The van der Waals surface area contributed by atoms with E-state index in [1.807, 2.05) is 18.2 Å². The number of rotatable bonds is 4. The molecule has 0 amide bonds. The average molecular weight is 276 g/mol. The Morgan fingerprint density at radius 2 is 2.00 bits per heavy atom. The number of benzene rings is 1. The number of hydrogen-bond acceptors (Lipinski definition) is 4. The van der Waals surface area contributed by atoms with Gasteiger partial charge in [-0.05, 0) is 52.0 Å². The van der Waals surface area contributed by atoms with Crippen LogP contribution in [0.5, 0.6) is 5.75 Å². The zero-order valence-electron chi connectivity index (χ0n) is 12.8. The van der Waals surface area contributed by atoms with Crippen molar-refractivity contribution in [1.29, 1.82) is 0 Å². The number of hydrogen-bond donors (Lipinski definition) is 0. The standard InChI is InChI=1S/C16H24N2O2/c1-12(19)16-14(6-5-7-15(16)20-4)18(3)13-8-10-17(2)11-9-13/h5-7,13H,8-11H2,1-4H3. The zero-order valence-corrected chi connectivity index (χ0v) is 12.8. The SMILES string of the molecule is COc1cccc(N(C)C2CCN(C)CC2)c1C(C)=O. The van der Waals surface area contributed by atoms with Gasteiger partial charge in [0, 0.05) is 13.1 Å². The first-order valence-electron chi connectivity index (χ1n) is 7.14. The lowest BCUT2D eigenvalue weighted by Crippen LogP contribution is -2.42. The molecule has 110 valence electrons. The topological polar surface area (TPSA) is 32.8 Å². The first-order valence-corrected chi connectivity index (χ1v) is 7.14. The van der Waals surface area contributed by atoms with Crippen LogP contribution in [0, 0.1) is 0 Å². The molecular weight excluding hydrogens is 252 g/mol. The molecule has 1 heterocycles. The number of carbonyl (C=O) groups is 1. The average Bonchev–Trinajstić information content (AvgIpc) is 2.46. The van der Waals surface area contributed by atoms with E-state index in [9.17, 15) is 4.79 Å². The highest BCUT2D eigenvalue weighted by molar-refractivity contribution is 6.02. The van der Waals surface area contributed by atoms with E-state index in [4.69, 9.17) is 4.74 Å². The van der Waals surface area contributed by atoms with Gasteiger partial charge in [-0.25, -0.2) is 0 Å². The Bertz CT molecular complexity index is 479. The van der Waals surface area contributed by atoms with Gasteiger partial charge in [0.15, 0.2) is 5.78 Å². The highest BCUT2D eigenvalue weighted by atomic mass is 16.5. The number of piperidine rings is 1. The molecule has 1 aliphatic rings. The molecule has 0 unspecified atom stereocenters. The molecule has 1 fully saturated rings. The number of Topliss-reactive ketones (excluding diaryl/α,β-unsaturated/α-hetero) is 1. The van der Waals surface area contributed by atoms with Crippen LogP contribution < -0.4 is 9.64 Å². The summed E-state index contributed by atoms with van der Waals surface area (Å²) in [6.45, 7) is 3.81. The lowest BCUT2D eigenvalue weighted by Gasteiger charge is -2.37. The molecule has 0 N–H and O–H groups in total. The summed E-state index contributed by atoms with van der Waals surface area (Å²) in [6, 6.07) is 6.29. The van der Waals surface area contributed by atoms with E-state index >= 15 is 0 Å². The molecule has 1 aliphatic heterocycles. The maximum atomic E-state index is 12.0. The molecule has 0 atom stereocenters. The third-order valence-electron chi connectivity index (χ3n) is 4.19. The Kier molecular flexibility index (Phi) is 4.65. The van der Waals surface area contributed by atoms with E-state index in [1.54, 1.807) is 14.0 Å². The van der Waals surface area contributed by atoms with Crippen molar-refractivity contribution in [3.63, 3.8) is 0 Å². The number of ether oxygens (including phenoxy) is 1. The Balaban J connectivity index is 2.29. The second-order valence-corrected chi connectivity index (χ2v) is 5.56. The quantitative estimate of drug-likeness (QED) is 0.791. The Morgan fingerprint density at radius 3 is 2.55 bits per heavy atom. The van der Waals surface area contributed by atoms with E-state index in [2.05, 4.69) is 23.9 Å². The molecule has 0 radical (unpaired) electrons. The lowest BCUT2D eigenvalue weighted by molar-refractivity contribution is 0.101. The van der Waals surface area contributed by atoms with Crippen molar-refractivity contribution in [2.45, 2.75) is 25.8 Å². The summed E-state index contributed by atoms with van der Waals surface area (Å²) in [5.74, 6) is 0.715. The summed E-state index contributed by atoms with van der Waals surface area (Å²) >= 11 is 0. The fourth-order valence-electron chi connectivity index (χ4n) is 2.92. The zero-order chi connectivity index (χ0) is 14.7. The lowest BCUT2D eigenvalue weighted by atomic mass is 10.0. The molecule has 0 aliphatic carbocycles. The van der Waals surface area contributed by atoms with Gasteiger partial charge in [0.1, 0.15) is 5.75 Å². The summed E-state index contributed by atoms with van der Waals surface area (Å²) in [7, 11) is 5.85. The maximum Gasteiger partial charge on any atom is 0.165 e. The van der Waals surface area contributed by atoms with Crippen molar-refractivity contribution in [2.24, 2.45) is 0 Å². The minimum absolute atomic E-state index is 0.0530. The molecule has 20 heavy (non-hydrogen) atoms. The van der Waals surface area contributed by atoms with Crippen molar-refractivity contribution in [3.05, 3.63) is 23.8 Å². The van der Waals surface area contributed by atoms with Gasteiger partial charge in [-0.3, -0.25) is 4.79 Å². The van der Waals surface area contributed by atoms with Crippen LogP contribution in [0.4, 0.5) is 5.69 Å². The number of anilines is 1. The van der Waals surface area contributed by atoms with Crippen LogP contribution in [0.25, 0.3) is 0 Å². The number of nitrogens with zero attached hydrogens (tertiary/aromatic N) is 2. The highest BCUT2D eigenvalue weighted by Crippen LogP contribution is 2.31. The summed E-state index contributed by atoms with van der Waals surface area (Å²) < 4.78 is 5.35. The van der Waals surface area contributed by atoms with Crippen molar-refractivity contribution < 1.29 is 9.53 Å². The van der Waals surface area contributed by atoms with Crippen LogP contribution in [0.2, 0.25) is 0 Å². The van der Waals surface area contributed by atoms with Crippen LogP contribution in [0.15, 0.2) is 18.2 Å². The molecule has 4 heteroatoms. The number of methoxy groups -OCH3 is 1. The van der Waals surface area contributed by atoms with Gasteiger partial charge < -0.3 is 14.5 Å². The van der Waals surface area contributed by atoms with Gasteiger partial charge >= 0.3 is 0 Å². The number of likely N-dealkylation sites (tertiary alicyclic amines) is 1. The van der Waals surface area contributed by atoms with Crippen molar-refractivity contribution in [3.8, 4) is 5.75 Å². The molecular formula is C16H24N2O2. The van der Waals surface area contributed by atoms with E-state index in [1.165, 1.54) is 0 Å². The molecule has 0 aromatic heterocycles. The van der Waals surface area contributed by atoms with E-state index in [-0.39, 0.29) is 5.78 Å². The summed E-state index contributed by atoms with van der Waals surface area (Å²) in [5.41, 5.74) is 1.67. The van der Waals surface area contributed by atoms with Crippen molar-refractivity contribution in [1.82, 2.24) is 4.90 Å². The molecule has 2 rings (SSSR count). The molecule has 1 saturated heterocycles. The molecule has 0 bridgehead atoms. The van der Waals surface area contributed by atoms with Crippen molar-refractivity contribution >= 4 is 11.5 Å². The minimum atomic E-state index is 0.0530. The molecule has 1 aromatic rings. The van der Waals surface area contributed by atoms with Gasteiger partial charge in [0.05, 0.1) is 18.4 Å². The summed E-state index contributed by atoms with van der Waals surface area (Å²) in [4.78, 5) is 16.6. The molecule has 0 saturated carbocycles. The Morgan fingerprint density at radius 1 is 1.35 bits per heavy atom. The summed E-state index contributed by atoms with van der Waals surface area (Å²) in [5, 5.41) is 0. The first kappa shape index (κ1) is 14.9. The van der Waals surface area contributed by atoms with Gasteiger partial charge in [-0.15, -0.1) is 0 Å². The van der Waals surface area contributed by atoms with Gasteiger partial charge in [0.25, 0.3) is 0 Å². The Hall–Kier alpha value is -1.55. The minimum Gasteiger partial charge on any atom is -0.496 e. The largest absolute Gasteiger partial charge is 0.496 e. The Labute approximate surface area is 121 Å². The van der Waals surface area contributed by atoms with Crippen LogP contribution in [-0.2, 0) is 0 Å². The third-order valence-corrected chi connectivity index (χ3v) is 4.19. The van der Waals surface area contributed by atoms with Crippen LogP contribution in [-0.4, -0.2) is 51.0 Å². The first-order chi connectivity index (χ1) is 9.54. The third kappa shape index (κ3) is 2.96. The van der Waals surface area contributed by atoms with Crippen LogP contribution in [0.3, 0.4) is 0 Å². The smallest absolute Gasteiger partial charge is 0.165 e. The molecule has 1 aromatic carbocycles. The van der Waals surface area contributed by atoms with Crippen molar-refractivity contribution in [2.75, 3.05) is 39.2 Å². The number of ketones is 1. The van der Waals surface area contributed by atoms with Gasteiger partial charge in [-0.2, -0.15) is 0 Å². The van der Waals surface area contributed by atoms with E-state index in [0.717, 1.165) is 31.6 Å². The normalized spacial score (nSPS) is 17.0. The van der Waals surface area contributed by atoms with Gasteiger partial charge in [0.2, 0.25) is 0 Å². The summed E-state index contributed by atoms with van der Waals surface area (Å²) in [6.07, 6.45) is 2.25. The van der Waals surface area contributed by atoms with E-state index in [0.29, 0.717) is 17.4 Å². The maximum absolute atomic E-state index is 12.0. The van der Waals surface area contributed by atoms with Crippen LogP contribution in [0.1, 0.15) is 30.1 Å². The van der Waals surface area contributed by atoms with Gasteiger partial charge in [-0.1, -0.05) is 6.07 Å². The number of carbonyl (C=O) groups excluding carboxylic acids is 1. The fourth-order valence-corrected chi connectivity index (χ4v) is 2.92. The fraction of sp³-hybridized carbons (Fsp3) is 0.562. The second-order valence-electron chi connectivity index (χ2n) is 5.56. The monoisotopic (exact) mass is 276 g/mol. The molecule has 0 spiro atoms. The highest BCUT2D eigenvalue weighted by Gasteiger charge is 2.24.